The Hall–Kier alpha value is -3.08. The second-order valence-electron chi connectivity index (χ2n) is 10.5. The summed E-state index contributed by atoms with van der Waals surface area (Å²) < 4.78 is 66.2. The summed E-state index contributed by atoms with van der Waals surface area (Å²) in [6.45, 7) is 8.46. The van der Waals surface area contributed by atoms with Gasteiger partial charge in [0.2, 0.25) is 0 Å². The number of ether oxygens (including phenoxy) is 2. The van der Waals surface area contributed by atoms with Crippen molar-refractivity contribution in [1.82, 2.24) is 10.2 Å². The minimum absolute atomic E-state index is 0.153. The van der Waals surface area contributed by atoms with Crippen LogP contribution in [0.2, 0.25) is 0 Å². The lowest BCUT2D eigenvalue weighted by molar-refractivity contribution is -0.175. The van der Waals surface area contributed by atoms with E-state index in [4.69, 9.17) is 9.47 Å². The van der Waals surface area contributed by atoms with Crippen molar-refractivity contribution in [2.45, 2.75) is 89.8 Å². The van der Waals surface area contributed by atoms with Gasteiger partial charge in [0.1, 0.15) is 17.4 Å². The van der Waals surface area contributed by atoms with Crippen LogP contribution in [-0.4, -0.2) is 65.4 Å². The van der Waals surface area contributed by atoms with Crippen molar-refractivity contribution < 1.29 is 41.7 Å². The van der Waals surface area contributed by atoms with Gasteiger partial charge in [-0.15, -0.1) is 0 Å². The summed E-state index contributed by atoms with van der Waals surface area (Å²) in [5.41, 5.74) is 0.136. The van der Waals surface area contributed by atoms with Crippen LogP contribution in [-0.2, 0) is 20.7 Å². The quantitative estimate of drug-likeness (QED) is 0.225. The number of carboxylic acid groups (broad SMARTS) is 1. The van der Waals surface area contributed by atoms with E-state index in [0.717, 1.165) is 17.2 Å². The van der Waals surface area contributed by atoms with Gasteiger partial charge in [-0.2, -0.15) is 0 Å². The van der Waals surface area contributed by atoms with E-state index in [9.17, 15) is 32.3 Å². The number of aryl methyl sites for hydroxylation is 1. The van der Waals surface area contributed by atoms with Gasteiger partial charge >= 0.3 is 12.0 Å². The molecule has 1 saturated carbocycles. The predicted molar refractivity (Wildman–Crippen MR) is 141 cm³/mol. The number of nitrogens with zero attached hydrogens (tertiary/aromatic N) is 1. The van der Waals surface area contributed by atoms with Crippen LogP contribution in [0.4, 0.5) is 22.4 Å². The fraction of sp³-hybridized carbons (Fsp3) is 0.586. The standard InChI is InChI=1S/C29H38F4N2O5/c1-5-39-24-13-21(14-25(18(24)3)40-6-2)19(4)35(10-8-7-9-20-11-22(30)15-23(31)12-20)27(38)34-28(26(36)37)16-29(32,33)17-28/h11-13,15,19,25H,5-10,14,16-17H2,1-4H3,(H,34,38)(H,36,37). The molecule has 2 atom stereocenters. The number of aliphatic carboxylic acids is 1. The second-order valence-corrected chi connectivity index (χ2v) is 10.5. The normalized spacial score (nSPS) is 20.3. The van der Waals surface area contributed by atoms with E-state index in [1.54, 1.807) is 6.92 Å². The number of benzene rings is 1. The minimum atomic E-state index is -3.17. The number of urea groups is 1. The average molecular weight is 571 g/mol. The van der Waals surface area contributed by atoms with E-state index in [1.165, 1.54) is 17.0 Å². The first-order valence-corrected chi connectivity index (χ1v) is 13.6. The summed E-state index contributed by atoms with van der Waals surface area (Å²) >= 11 is 0. The SMILES string of the molecule is CCOC1=C(C)C(OCC)CC(C(C)N(CCCCc2cc(F)cc(F)c2)C(=O)NC2(C(=O)O)CC(F)(F)C2)=C1. The van der Waals surface area contributed by atoms with Crippen molar-refractivity contribution in [3.05, 3.63) is 58.4 Å². The molecule has 1 aromatic carbocycles. The molecule has 7 nitrogen and oxygen atoms in total. The van der Waals surface area contributed by atoms with Gasteiger partial charge in [-0.25, -0.2) is 27.2 Å². The zero-order chi connectivity index (χ0) is 29.7. The molecule has 0 bridgehead atoms. The summed E-state index contributed by atoms with van der Waals surface area (Å²) in [6.07, 6.45) is 1.31. The van der Waals surface area contributed by atoms with E-state index in [0.29, 0.717) is 50.2 Å². The van der Waals surface area contributed by atoms with E-state index >= 15 is 0 Å². The van der Waals surface area contributed by atoms with Gasteiger partial charge in [-0.1, -0.05) is 0 Å². The van der Waals surface area contributed by atoms with Crippen molar-refractivity contribution in [2.24, 2.45) is 0 Å². The lowest BCUT2D eigenvalue weighted by atomic mass is 9.73. The lowest BCUT2D eigenvalue weighted by Crippen LogP contribution is -2.68. The van der Waals surface area contributed by atoms with Crippen LogP contribution in [0.15, 0.2) is 41.2 Å². The summed E-state index contributed by atoms with van der Waals surface area (Å²) in [5.74, 6) is -5.42. The molecule has 0 heterocycles. The number of carbonyl (C=O) groups excluding carboxylic acids is 1. The van der Waals surface area contributed by atoms with E-state index in [-0.39, 0.29) is 12.6 Å². The van der Waals surface area contributed by atoms with Crippen LogP contribution < -0.4 is 5.32 Å². The topological polar surface area (TPSA) is 88.1 Å². The minimum Gasteiger partial charge on any atom is -0.494 e. The third-order valence-electron chi connectivity index (χ3n) is 7.46. The van der Waals surface area contributed by atoms with Crippen LogP contribution >= 0.6 is 0 Å². The van der Waals surface area contributed by atoms with Crippen LogP contribution in [0.1, 0.15) is 65.4 Å². The number of carboxylic acids is 1. The van der Waals surface area contributed by atoms with Gasteiger partial charge < -0.3 is 24.8 Å². The molecule has 2 unspecified atom stereocenters. The molecule has 1 aromatic rings. The maximum absolute atomic E-state index is 13.7. The molecule has 222 valence electrons. The number of rotatable bonds is 13. The maximum Gasteiger partial charge on any atom is 0.329 e. The molecular weight excluding hydrogens is 532 g/mol. The molecule has 0 radical (unpaired) electrons. The number of hydrogen-bond acceptors (Lipinski definition) is 4. The van der Waals surface area contributed by atoms with Crippen molar-refractivity contribution in [2.75, 3.05) is 19.8 Å². The molecule has 2 amide bonds. The van der Waals surface area contributed by atoms with Gasteiger partial charge in [-0.3, -0.25) is 0 Å². The van der Waals surface area contributed by atoms with Gasteiger partial charge in [0.15, 0.2) is 5.54 Å². The van der Waals surface area contributed by atoms with Crippen LogP contribution in [0.3, 0.4) is 0 Å². The zero-order valence-corrected chi connectivity index (χ0v) is 23.4. The highest BCUT2D eigenvalue weighted by atomic mass is 19.3. The monoisotopic (exact) mass is 570 g/mol. The molecule has 0 aliphatic heterocycles. The first-order valence-electron chi connectivity index (χ1n) is 13.6. The summed E-state index contributed by atoms with van der Waals surface area (Å²) in [6, 6.07) is 1.95. The molecule has 0 saturated heterocycles. The molecule has 2 aliphatic carbocycles. The number of allylic oxidation sites excluding steroid dienone is 1. The van der Waals surface area contributed by atoms with Gasteiger partial charge in [0.25, 0.3) is 5.92 Å². The summed E-state index contributed by atoms with van der Waals surface area (Å²) in [4.78, 5) is 26.8. The van der Waals surface area contributed by atoms with E-state index in [2.05, 4.69) is 5.32 Å². The number of alkyl halides is 2. The van der Waals surface area contributed by atoms with Crippen molar-refractivity contribution in [1.29, 1.82) is 0 Å². The first kappa shape index (κ1) is 31.4. The van der Waals surface area contributed by atoms with Gasteiger partial charge in [0.05, 0.1) is 18.8 Å². The highest BCUT2D eigenvalue weighted by Gasteiger charge is 2.62. The molecule has 0 spiro atoms. The second kappa shape index (κ2) is 13.1. The van der Waals surface area contributed by atoms with Gasteiger partial charge in [-0.05, 0) is 81.9 Å². The third-order valence-corrected chi connectivity index (χ3v) is 7.46. The van der Waals surface area contributed by atoms with Crippen molar-refractivity contribution >= 4 is 12.0 Å². The zero-order valence-electron chi connectivity index (χ0n) is 23.4. The number of amides is 2. The van der Waals surface area contributed by atoms with Crippen molar-refractivity contribution in [3.8, 4) is 0 Å². The number of carbonyl (C=O) groups is 2. The molecule has 3 rings (SSSR count). The summed E-state index contributed by atoms with van der Waals surface area (Å²) in [7, 11) is 0. The van der Waals surface area contributed by atoms with E-state index < -0.39 is 54.0 Å². The summed E-state index contributed by atoms with van der Waals surface area (Å²) in [5, 5.41) is 12.0. The first-order chi connectivity index (χ1) is 18.8. The van der Waals surface area contributed by atoms with E-state index in [1.807, 2.05) is 26.8 Å². The van der Waals surface area contributed by atoms with Crippen LogP contribution in [0, 0.1) is 11.6 Å². The van der Waals surface area contributed by atoms with Crippen LogP contribution in [0.25, 0.3) is 0 Å². The average Bonchev–Trinajstić information content (AvgIpc) is 2.84. The van der Waals surface area contributed by atoms with Gasteiger partial charge in [0, 0.05) is 38.5 Å². The van der Waals surface area contributed by atoms with Crippen molar-refractivity contribution in [3.63, 3.8) is 0 Å². The Morgan fingerprint density at radius 3 is 2.33 bits per heavy atom. The Bertz CT molecular complexity index is 1120. The largest absolute Gasteiger partial charge is 0.494 e. The molecule has 11 heteroatoms. The Morgan fingerprint density at radius 1 is 1.12 bits per heavy atom. The Balaban J connectivity index is 1.82. The molecular formula is C29H38F4N2O5. The lowest BCUT2D eigenvalue weighted by Gasteiger charge is -2.45. The fourth-order valence-corrected chi connectivity index (χ4v) is 5.29. The van der Waals surface area contributed by atoms with Crippen LogP contribution in [0.5, 0.6) is 0 Å². The smallest absolute Gasteiger partial charge is 0.329 e. The molecule has 2 aliphatic rings. The Labute approximate surface area is 232 Å². The highest BCUT2D eigenvalue weighted by Crippen LogP contribution is 2.46. The fourth-order valence-electron chi connectivity index (χ4n) is 5.29. The molecule has 0 aromatic heterocycles. The number of halogens is 4. The molecule has 2 N–H and O–H groups in total. The number of nitrogens with one attached hydrogen (secondary N) is 1. The molecule has 1 fully saturated rings. The highest BCUT2D eigenvalue weighted by molar-refractivity contribution is 5.88. The predicted octanol–water partition coefficient (Wildman–Crippen LogP) is 5.99. The maximum atomic E-state index is 13.7. The third kappa shape index (κ3) is 7.56. The Morgan fingerprint density at radius 2 is 1.77 bits per heavy atom. The number of hydrogen-bond donors (Lipinski definition) is 2. The Kier molecular flexibility index (Phi) is 10.3. The molecule has 40 heavy (non-hydrogen) atoms. The number of unbranched alkanes of at least 4 members (excludes halogenated alkanes) is 1.